The van der Waals surface area contributed by atoms with Gasteiger partial charge in [-0.15, -0.1) is 0 Å². The maximum absolute atomic E-state index is 11.6. The van der Waals surface area contributed by atoms with E-state index in [1.807, 2.05) is 0 Å². The van der Waals surface area contributed by atoms with Gasteiger partial charge in [-0.05, 0) is 12.3 Å². The van der Waals surface area contributed by atoms with E-state index in [0.717, 1.165) is 18.9 Å². The van der Waals surface area contributed by atoms with E-state index in [9.17, 15) is 4.79 Å². The quantitative estimate of drug-likeness (QED) is 0.758. The van der Waals surface area contributed by atoms with Crippen molar-refractivity contribution in [1.29, 1.82) is 0 Å². The fourth-order valence-corrected chi connectivity index (χ4v) is 1.51. The molecule has 0 bridgehead atoms. The lowest BCUT2D eigenvalue weighted by Gasteiger charge is -2.03. The van der Waals surface area contributed by atoms with Crippen LogP contribution in [0.4, 0.5) is 5.82 Å². The second-order valence-corrected chi connectivity index (χ2v) is 4.06. The minimum absolute atomic E-state index is 0.124. The summed E-state index contributed by atoms with van der Waals surface area (Å²) in [5.41, 5.74) is 6.15. The SMILES string of the molecule is Cn1ncc(C(=O)NCCC2CC2)c1N. The average molecular weight is 208 g/mol. The molecule has 1 aliphatic rings. The Morgan fingerprint density at radius 1 is 1.73 bits per heavy atom. The Morgan fingerprint density at radius 3 is 3.00 bits per heavy atom. The minimum atomic E-state index is -0.124. The number of nitrogens with two attached hydrogens (primary N) is 1. The monoisotopic (exact) mass is 208 g/mol. The Kier molecular flexibility index (Phi) is 2.62. The van der Waals surface area contributed by atoms with E-state index < -0.39 is 0 Å². The molecule has 15 heavy (non-hydrogen) atoms. The van der Waals surface area contributed by atoms with Crippen LogP contribution in [0.1, 0.15) is 29.6 Å². The molecule has 5 nitrogen and oxygen atoms in total. The zero-order valence-corrected chi connectivity index (χ0v) is 8.86. The molecular formula is C10H16N4O. The molecule has 0 spiro atoms. The first-order valence-electron chi connectivity index (χ1n) is 5.24. The van der Waals surface area contributed by atoms with Crippen molar-refractivity contribution in [2.45, 2.75) is 19.3 Å². The number of rotatable bonds is 4. The molecule has 1 aromatic heterocycles. The number of amides is 1. The van der Waals surface area contributed by atoms with Crippen LogP contribution in [-0.2, 0) is 7.05 Å². The highest BCUT2D eigenvalue weighted by Gasteiger charge is 2.21. The molecular weight excluding hydrogens is 192 g/mol. The summed E-state index contributed by atoms with van der Waals surface area (Å²) in [6, 6.07) is 0. The standard InChI is InChI=1S/C10H16N4O/c1-14-9(11)8(6-13-14)10(15)12-5-4-7-2-3-7/h6-7H,2-5,11H2,1H3,(H,12,15). The van der Waals surface area contributed by atoms with Gasteiger partial charge < -0.3 is 11.1 Å². The zero-order chi connectivity index (χ0) is 10.8. The van der Waals surface area contributed by atoms with E-state index in [-0.39, 0.29) is 5.91 Å². The van der Waals surface area contributed by atoms with Gasteiger partial charge in [0, 0.05) is 13.6 Å². The highest BCUT2D eigenvalue weighted by atomic mass is 16.1. The zero-order valence-electron chi connectivity index (χ0n) is 8.86. The number of nitrogen functional groups attached to an aromatic ring is 1. The molecule has 0 atom stereocenters. The molecule has 5 heteroatoms. The third kappa shape index (κ3) is 2.29. The molecule has 82 valence electrons. The molecule has 0 aromatic carbocycles. The second kappa shape index (κ2) is 3.92. The van der Waals surface area contributed by atoms with Gasteiger partial charge in [-0.2, -0.15) is 5.10 Å². The third-order valence-electron chi connectivity index (χ3n) is 2.76. The van der Waals surface area contributed by atoms with E-state index in [1.54, 1.807) is 7.05 Å². The van der Waals surface area contributed by atoms with E-state index in [1.165, 1.54) is 23.7 Å². The second-order valence-electron chi connectivity index (χ2n) is 4.06. The molecule has 0 unspecified atom stereocenters. The molecule has 1 aromatic rings. The largest absolute Gasteiger partial charge is 0.383 e. The number of anilines is 1. The van der Waals surface area contributed by atoms with Gasteiger partial charge in [0.15, 0.2) is 0 Å². The molecule has 0 saturated heterocycles. The molecule has 1 heterocycles. The van der Waals surface area contributed by atoms with Gasteiger partial charge in [0.25, 0.3) is 5.91 Å². The lowest BCUT2D eigenvalue weighted by molar-refractivity contribution is 0.0953. The van der Waals surface area contributed by atoms with Crippen molar-refractivity contribution in [2.75, 3.05) is 12.3 Å². The van der Waals surface area contributed by atoms with Crippen molar-refractivity contribution < 1.29 is 4.79 Å². The lowest BCUT2D eigenvalue weighted by atomic mass is 10.2. The highest BCUT2D eigenvalue weighted by Crippen LogP contribution is 2.31. The van der Waals surface area contributed by atoms with Crippen LogP contribution >= 0.6 is 0 Å². The number of carbonyl (C=O) groups is 1. The number of aryl methyl sites for hydroxylation is 1. The van der Waals surface area contributed by atoms with Crippen molar-refractivity contribution in [3.8, 4) is 0 Å². The number of hydrogen-bond acceptors (Lipinski definition) is 3. The van der Waals surface area contributed by atoms with Crippen molar-refractivity contribution in [1.82, 2.24) is 15.1 Å². The van der Waals surface area contributed by atoms with E-state index in [4.69, 9.17) is 5.73 Å². The summed E-state index contributed by atoms with van der Waals surface area (Å²) >= 11 is 0. The third-order valence-corrected chi connectivity index (χ3v) is 2.76. The molecule has 1 aliphatic carbocycles. The summed E-state index contributed by atoms with van der Waals surface area (Å²) in [5.74, 6) is 1.12. The van der Waals surface area contributed by atoms with Crippen LogP contribution < -0.4 is 11.1 Å². The van der Waals surface area contributed by atoms with E-state index >= 15 is 0 Å². The summed E-state index contributed by atoms with van der Waals surface area (Å²) in [5, 5.41) is 6.78. The number of nitrogens with one attached hydrogen (secondary N) is 1. The maximum atomic E-state index is 11.6. The smallest absolute Gasteiger partial charge is 0.256 e. The van der Waals surface area contributed by atoms with Crippen LogP contribution in [0.2, 0.25) is 0 Å². The topological polar surface area (TPSA) is 72.9 Å². The van der Waals surface area contributed by atoms with Gasteiger partial charge in [0.1, 0.15) is 11.4 Å². The average Bonchev–Trinajstić information content (AvgIpc) is 2.96. The normalized spacial score (nSPS) is 15.3. The Balaban J connectivity index is 1.86. The van der Waals surface area contributed by atoms with Crippen LogP contribution in [0.25, 0.3) is 0 Å². The first-order valence-corrected chi connectivity index (χ1v) is 5.24. The Morgan fingerprint density at radius 2 is 2.47 bits per heavy atom. The predicted molar refractivity (Wildman–Crippen MR) is 57.3 cm³/mol. The van der Waals surface area contributed by atoms with Gasteiger partial charge in [-0.1, -0.05) is 12.8 Å². The number of hydrogen-bond donors (Lipinski definition) is 2. The molecule has 1 saturated carbocycles. The first kappa shape index (κ1) is 10.0. The van der Waals surface area contributed by atoms with Gasteiger partial charge in [0.2, 0.25) is 0 Å². The Hall–Kier alpha value is -1.52. The molecule has 1 fully saturated rings. The molecule has 2 rings (SSSR count). The van der Waals surface area contributed by atoms with Crippen LogP contribution in [0.3, 0.4) is 0 Å². The summed E-state index contributed by atoms with van der Waals surface area (Å²) in [7, 11) is 1.72. The van der Waals surface area contributed by atoms with Gasteiger partial charge in [-0.3, -0.25) is 9.48 Å². The molecule has 0 radical (unpaired) electrons. The Labute approximate surface area is 88.6 Å². The number of nitrogens with zero attached hydrogens (tertiary/aromatic N) is 2. The minimum Gasteiger partial charge on any atom is -0.383 e. The summed E-state index contributed by atoms with van der Waals surface area (Å²) in [6.45, 7) is 0.734. The van der Waals surface area contributed by atoms with Crippen molar-refractivity contribution in [3.05, 3.63) is 11.8 Å². The molecule has 1 amide bonds. The van der Waals surface area contributed by atoms with Gasteiger partial charge in [-0.25, -0.2) is 0 Å². The summed E-state index contributed by atoms with van der Waals surface area (Å²) in [6.07, 6.45) is 5.20. The number of aromatic nitrogens is 2. The van der Waals surface area contributed by atoms with Crippen molar-refractivity contribution >= 4 is 11.7 Å². The molecule has 3 N–H and O–H groups in total. The van der Waals surface area contributed by atoms with E-state index in [0.29, 0.717) is 11.4 Å². The first-order chi connectivity index (χ1) is 7.18. The predicted octanol–water partition coefficient (Wildman–Crippen LogP) is 0.532. The van der Waals surface area contributed by atoms with Crippen LogP contribution in [0.15, 0.2) is 6.20 Å². The summed E-state index contributed by atoms with van der Waals surface area (Å²) in [4.78, 5) is 11.6. The van der Waals surface area contributed by atoms with Crippen LogP contribution in [0.5, 0.6) is 0 Å². The van der Waals surface area contributed by atoms with Crippen molar-refractivity contribution in [2.24, 2.45) is 13.0 Å². The van der Waals surface area contributed by atoms with E-state index in [2.05, 4.69) is 10.4 Å². The van der Waals surface area contributed by atoms with Crippen LogP contribution in [-0.4, -0.2) is 22.2 Å². The van der Waals surface area contributed by atoms with Crippen LogP contribution in [0, 0.1) is 5.92 Å². The molecule has 0 aliphatic heterocycles. The summed E-state index contributed by atoms with van der Waals surface area (Å²) < 4.78 is 1.50. The van der Waals surface area contributed by atoms with Gasteiger partial charge in [0.05, 0.1) is 6.20 Å². The van der Waals surface area contributed by atoms with Crippen molar-refractivity contribution in [3.63, 3.8) is 0 Å². The fourth-order valence-electron chi connectivity index (χ4n) is 1.51. The lowest BCUT2D eigenvalue weighted by Crippen LogP contribution is -2.25. The Bertz CT molecular complexity index is 367. The van der Waals surface area contributed by atoms with Gasteiger partial charge >= 0.3 is 0 Å². The highest BCUT2D eigenvalue weighted by molar-refractivity contribution is 5.98. The fraction of sp³-hybridized carbons (Fsp3) is 0.600. The maximum Gasteiger partial charge on any atom is 0.256 e. The number of carbonyl (C=O) groups excluding carboxylic acids is 1.